The molecule has 0 aliphatic carbocycles. The summed E-state index contributed by atoms with van der Waals surface area (Å²) < 4.78 is 21.8. The predicted octanol–water partition coefficient (Wildman–Crippen LogP) is 5.87. The summed E-state index contributed by atoms with van der Waals surface area (Å²) in [6.07, 6.45) is 8.31. The molecule has 6 heteroatoms. The predicted molar refractivity (Wildman–Crippen MR) is 151 cm³/mol. The van der Waals surface area contributed by atoms with Crippen LogP contribution in [0.25, 0.3) is 0 Å². The first-order valence-electron chi connectivity index (χ1n) is 13.2. The maximum Gasteiger partial charge on any atom is 0.122 e. The Morgan fingerprint density at radius 1 is 0.556 bits per heavy atom. The van der Waals surface area contributed by atoms with Gasteiger partial charge in [-0.15, -0.1) is 0 Å². The van der Waals surface area contributed by atoms with Gasteiger partial charge in [0.2, 0.25) is 0 Å². The van der Waals surface area contributed by atoms with E-state index in [1.807, 2.05) is 13.8 Å². The Kier molecular flexibility index (Phi) is 15.0. The van der Waals surface area contributed by atoms with Gasteiger partial charge < -0.3 is 30.4 Å². The van der Waals surface area contributed by atoms with Crippen molar-refractivity contribution in [3.05, 3.63) is 46.5 Å². The number of methoxy groups -OCH3 is 4. The quantitative estimate of drug-likeness (QED) is 0.336. The summed E-state index contributed by atoms with van der Waals surface area (Å²) in [5.41, 5.74) is 16.4. The summed E-state index contributed by atoms with van der Waals surface area (Å²) in [5, 5.41) is 0. The van der Waals surface area contributed by atoms with Crippen LogP contribution in [0.3, 0.4) is 0 Å². The molecule has 0 saturated heterocycles. The first-order valence-corrected chi connectivity index (χ1v) is 13.2. The maximum atomic E-state index is 5.86. The van der Waals surface area contributed by atoms with E-state index in [9.17, 15) is 0 Å². The van der Waals surface area contributed by atoms with Crippen LogP contribution < -0.4 is 30.4 Å². The van der Waals surface area contributed by atoms with E-state index in [-0.39, 0.29) is 12.1 Å². The number of ether oxygens (including phenoxy) is 4. The topological polar surface area (TPSA) is 89.0 Å². The van der Waals surface area contributed by atoms with Crippen LogP contribution in [-0.4, -0.2) is 40.5 Å². The zero-order valence-corrected chi connectivity index (χ0v) is 23.9. The van der Waals surface area contributed by atoms with Crippen molar-refractivity contribution in [1.29, 1.82) is 0 Å². The maximum absolute atomic E-state index is 5.86. The molecule has 0 aromatic heterocycles. The highest BCUT2D eigenvalue weighted by Crippen LogP contribution is 2.32. The van der Waals surface area contributed by atoms with Crippen LogP contribution in [0.4, 0.5) is 0 Å². The standard InChI is InChI=1S/2C15H25NO2/c2*1-5-6-7-12-9-15(18-4)13(8-11(2)16)10-14(12)17-3/h2*9-11H,5-8,16H2,1-4H3. The molecule has 0 saturated carbocycles. The molecule has 0 amide bonds. The van der Waals surface area contributed by atoms with Crippen LogP contribution in [0.1, 0.15) is 75.6 Å². The van der Waals surface area contributed by atoms with Gasteiger partial charge in [-0.1, -0.05) is 26.7 Å². The monoisotopic (exact) mass is 502 g/mol. The van der Waals surface area contributed by atoms with Crippen LogP contribution in [0.2, 0.25) is 0 Å². The largest absolute Gasteiger partial charge is 0.496 e. The van der Waals surface area contributed by atoms with Crippen LogP contribution in [0, 0.1) is 0 Å². The Morgan fingerprint density at radius 2 is 0.833 bits per heavy atom. The van der Waals surface area contributed by atoms with Gasteiger partial charge in [0.1, 0.15) is 23.0 Å². The van der Waals surface area contributed by atoms with E-state index in [1.54, 1.807) is 28.4 Å². The highest BCUT2D eigenvalue weighted by molar-refractivity contribution is 5.48. The molecule has 2 rings (SSSR count). The lowest BCUT2D eigenvalue weighted by atomic mass is 10.00. The number of hydrogen-bond donors (Lipinski definition) is 2. The second kappa shape index (κ2) is 17.1. The number of aryl methyl sites for hydroxylation is 2. The molecule has 0 spiro atoms. The van der Waals surface area contributed by atoms with Crippen molar-refractivity contribution in [3.8, 4) is 23.0 Å². The lowest BCUT2D eigenvalue weighted by Crippen LogP contribution is -2.18. The molecule has 0 bridgehead atoms. The van der Waals surface area contributed by atoms with E-state index >= 15 is 0 Å². The number of unbranched alkanes of at least 4 members (excludes halogenated alkanes) is 2. The van der Waals surface area contributed by atoms with Gasteiger partial charge in [0.15, 0.2) is 0 Å². The van der Waals surface area contributed by atoms with Crippen molar-refractivity contribution in [1.82, 2.24) is 0 Å². The molecule has 0 aliphatic heterocycles. The summed E-state index contributed by atoms with van der Waals surface area (Å²) in [6, 6.07) is 8.54. The molecule has 4 N–H and O–H groups in total. The molecule has 0 heterocycles. The molecule has 2 aromatic carbocycles. The van der Waals surface area contributed by atoms with Gasteiger partial charge in [-0.3, -0.25) is 0 Å². The van der Waals surface area contributed by atoms with Crippen LogP contribution in [0.15, 0.2) is 24.3 Å². The highest BCUT2D eigenvalue weighted by Gasteiger charge is 2.13. The second-order valence-electron chi connectivity index (χ2n) is 9.52. The van der Waals surface area contributed by atoms with Crippen LogP contribution in [0.5, 0.6) is 23.0 Å². The third kappa shape index (κ3) is 10.3. The summed E-state index contributed by atoms with van der Waals surface area (Å²) in [7, 11) is 6.84. The summed E-state index contributed by atoms with van der Waals surface area (Å²) in [4.78, 5) is 0. The average Bonchev–Trinajstić information content (AvgIpc) is 2.86. The lowest BCUT2D eigenvalue weighted by Gasteiger charge is -2.16. The van der Waals surface area contributed by atoms with Gasteiger partial charge in [0, 0.05) is 12.1 Å². The number of rotatable bonds is 14. The molecule has 2 unspecified atom stereocenters. The van der Waals surface area contributed by atoms with Crippen molar-refractivity contribution in [2.24, 2.45) is 11.5 Å². The third-order valence-electron chi connectivity index (χ3n) is 6.05. The van der Waals surface area contributed by atoms with Crippen molar-refractivity contribution in [2.45, 2.75) is 91.1 Å². The Bertz CT molecular complexity index is 824. The van der Waals surface area contributed by atoms with Crippen LogP contribution >= 0.6 is 0 Å². The first-order chi connectivity index (χ1) is 17.2. The van der Waals surface area contributed by atoms with Gasteiger partial charge in [0.25, 0.3) is 0 Å². The highest BCUT2D eigenvalue weighted by atomic mass is 16.5. The molecular weight excluding hydrogens is 452 g/mol. The Morgan fingerprint density at radius 3 is 1.08 bits per heavy atom. The Balaban J connectivity index is 0.000000360. The number of nitrogens with two attached hydrogens (primary N) is 2. The zero-order chi connectivity index (χ0) is 27.1. The molecular formula is C30H50N2O4. The molecule has 0 radical (unpaired) electrons. The summed E-state index contributed by atoms with van der Waals surface area (Å²) in [6.45, 7) is 8.37. The van der Waals surface area contributed by atoms with Crippen LogP contribution in [-0.2, 0) is 25.7 Å². The average molecular weight is 503 g/mol. The van der Waals surface area contributed by atoms with E-state index < -0.39 is 0 Å². The van der Waals surface area contributed by atoms with E-state index in [1.165, 1.54) is 24.0 Å². The lowest BCUT2D eigenvalue weighted by molar-refractivity contribution is 0.393. The summed E-state index contributed by atoms with van der Waals surface area (Å²) >= 11 is 0. The molecule has 2 atom stereocenters. The minimum atomic E-state index is 0.116. The smallest absolute Gasteiger partial charge is 0.122 e. The third-order valence-corrected chi connectivity index (χ3v) is 6.05. The first kappa shape index (κ1) is 31.6. The fraction of sp³-hybridized carbons (Fsp3) is 0.600. The summed E-state index contributed by atoms with van der Waals surface area (Å²) in [5.74, 6) is 3.72. The Hall–Kier alpha value is -2.44. The SMILES string of the molecule is CCCCc1cc(OC)c(CC(C)N)cc1OC.CCCCc1cc(OC)c(CC(C)N)cc1OC. The molecule has 6 nitrogen and oxygen atoms in total. The Labute approximate surface area is 219 Å². The fourth-order valence-electron chi connectivity index (χ4n) is 4.19. The van der Waals surface area contributed by atoms with Gasteiger partial charge in [-0.2, -0.15) is 0 Å². The van der Waals surface area contributed by atoms with Gasteiger partial charge in [-0.25, -0.2) is 0 Å². The van der Waals surface area contributed by atoms with Crippen molar-refractivity contribution in [2.75, 3.05) is 28.4 Å². The van der Waals surface area contributed by atoms with Gasteiger partial charge in [0.05, 0.1) is 28.4 Å². The minimum absolute atomic E-state index is 0.116. The van der Waals surface area contributed by atoms with Gasteiger partial charge in [-0.05, 0) is 98.9 Å². The van der Waals surface area contributed by atoms with Crippen molar-refractivity contribution in [3.63, 3.8) is 0 Å². The zero-order valence-electron chi connectivity index (χ0n) is 23.9. The minimum Gasteiger partial charge on any atom is -0.496 e. The molecule has 204 valence electrons. The number of benzene rings is 2. The normalized spacial score (nSPS) is 12.3. The fourth-order valence-corrected chi connectivity index (χ4v) is 4.19. The van der Waals surface area contributed by atoms with Crippen molar-refractivity contribution < 1.29 is 18.9 Å². The van der Waals surface area contributed by atoms with Crippen molar-refractivity contribution >= 4 is 0 Å². The van der Waals surface area contributed by atoms with Gasteiger partial charge >= 0.3 is 0 Å². The molecule has 36 heavy (non-hydrogen) atoms. The number of hydrogen-bond acceptors (Lipinski definition) is 6. The second-order valence-corrected chi connectivity index (χ2v) is 9.52. The molecule has 0 fully saturated rings. The molecule has 0 aliphatic rings. The van der Waals surface area contributed by atoms with E-state index in [4.69, 9.17) is 30.4 Å². The van der Waals surface area contributed by atoms with E-state index in [2.05, 4.69) is 38.1 Å². The van der Waals surface area contributed by atoms with E-state index in [0.29, 0.717) is 0 Å². The molecule has 2 aromatic rings. The van der Waals surface area contributed by atoms with E-state index in [0.717, 1.165) is 72.6 Å².